The van der Waals surface area contributed by atoms with E-state index in [0.29, 0.717) is 5.56 Å². The fourth-order valence-corrected chi connectivity index (χ4v) is 2.21. The second kappa shape index (κ2) is 6.39. The molecule has 2 rings (SSSR count). The monoisotopic (exact) mass is 283 g/mol. The first kappa shape index (κ1) is 15.0. The Morgan fingerprint density at radius 3 is 2.43 bits per heavy atom. The van der Waals surface area contributed by atoms with E-state index in [2.05, 4.69) is 15.6 Å². The van der Waals surface area contributed by atoms with E-state index < -0.39 is 0 Å². The minimum atomic E-state index is -0.116. The van der Waals surface area contributed by atoms with Gasteiger partial charge in [0.25, 0.3) is 5.91 Å². The van der Waals surface area contributed by atoms with Crippen molar-refractivity contribution in [1.29, 1.82) is 0 Å². The van der Waals surface area contributed by atoms with Gasteiger partial charge in [0.1, 0.15) is 0 Å². The van der Waals surface area contributed by atoms with Crippen molar-refractivity contribution in [1.82, 2.24) is 4.98 Å². The SMILES string of the molecule is CCNc1ccc(C(=O)Nc2ccc(C)nc2C)cc1C. The lowest BCUT2D eigenvalue weighted by Gasteiger charge is -2.11. The van der Waals surface area contributed by atoms with Crippen LogP contribution in [0.1, 0.15) is 34.2 Å². The molecule has 0 spiro atoms. The molecule has 4 nitrogen and oxygen atoms in total. The number of amides is 1. The lowest BCUT2D eigenvalue weighted by molar-refractivity contribution is 0.102. The van der Waals surface area contributed by atoms with Crippen LogP contribution < -0.4 is 10.6 Å². The highest BCUT2D eigenvalue weighted by atomic mass is 16.1. The normalized spacial score (nSPS) is 10.3. The Morgan fingerprint density at radius 2 is 1.81 bits per heavy atom. The van der Waals surface area contributed by atoms with Gasteiger partial charge >= 0.3 is 0 Å². The van der Waals surface area contributed by atoms with Crippen molar-refractivity contribution < 1.29 is 4.79 Å². The molecule has 0 saturated carbocycles. The Morgan fingerprint density at radius 1 is 1.10 bits per heavy atom. The predicted molar refractivity (Wildman–Crippen MR) is 87.0 cm³/mol. The smallest absolute Gasteiger partial charge is 0.255 e. The van der Waals surface area contributed by atoms with Crippen molar-refractivity contribution >= 4 is 17.3 Å². The van der Waals surface area contributed by atoms with Gasteiger partial charge < -0.3 is 10.6 Å². The molecule has 2 N–H and O–H groups in total. The van der Waals surface area contributed by atoms with Crippen LogP contribution in [0.15, 0.2) is 30.3 Å². The maximum absolute atomic E-state index is 12.3. The summed E-state index contributed by atoms with van der Waals surface area (Å²) in [6.07, 6.45) is 0. The molecule has 1 heterocycles. The summed E-state index contributed by atoms with van der Waals surface area (Å²) in [5.41, 5.74) is 5.28. The fraction of sp³-hybridized carbons (Fsp3) is 0.294. The van der Waals surface area contributed by atoms with Crippen molar-refractivity contribution in [2.24, 2.45) is 0 Å². The van der Waals surface area contributed by atoms with Gasteiger partial charge in [-0.25, -0.2) is 0 Å². The van der Waals surface area contributed by atoms with Gasteiger partial charge in [0.15, 0.2) is 0 Å². The molecular formula is C17H21N3O. The van der Waals surface area contributed by atoms with Gasteiger partial charge in [-0.05, 0) is 63.6 Å². The molecule has 0 aliphatic rings. The molecule has 21 heavy (non-hydrogen) atoms. The van der Waals surface area contributed by atoms with Crippen LogP contribution in [0.5, 0.6) is 0 Å². The van der Waals surface area contributed by atoms with E-state index in [0.717, 1.165) is 34.9 Å². The molecule has 0 atom stereocenters. The van der Waals surface area contributed by atoms with E-state index >= 15 is 0 Å². The second-order valence-electron chi connectivity index (χ2n) is 5.10. The molecule has 0 aliphatic carbocycles. The summed E-state index contributed by atoms with van der Waals surface area (Å²) in [4.78, 5) is 16.7. The fourth-order valence-electron chi connectivity index (χ4n) is 2.21. The first-order valence-electron chi connectivity index (χ1n) is 7.11. The Hall–Kier alpha value is -2.36. The zero-order valence-corrected chi connectivity index (χ0v) is 12.9. The third-order valence-corrected chi connectivity index (χ3v) is 3.33. The standard InChI is InChI=1S/C17H21N3O/c1-5-18-15-9-7-14(10-11(15)2)17(21)20-16-8-6-12(3)19-13(16)4/h6-10,18H,5H2,1-4H3,(H,20,21). The number of carbonyl (C=O) groups is 1. The molecule has 1 amide bonds. The first-order chi connectivity index (χ1) is 10.0. The Kier molecular flexibility index (Phi) is 4.58. The average molecular weight is 283 g/mol. The summed E-state index contributed by atoms with van der Waals surface area (Å²) < 4.78 is 0. The number of rotatable bonds is 4. The van der Waals surface area contributed by atoms with E-state index in [4.69, 9.17) is 0 Å². The van der Waals surface area contributed by atoms with Crippen molar-refractivity contribution in [3.63, 3.8) is 0 Å². The first-order valence-corrected chi connectivity index (χ1v) is 7.11. The minimum absolute atomic E-state index is 0.116. The molecule has 0 fully saturated rings. The van der Waals surface area contributed by atoms with E-state index in [1.165, 1.54) is 0 Å². The van der Waals surface area contributed by atoms with Crippen LogP contribution in [-0.2, 0) is 0 Å². The maximum Gasteiger partial charge on any atom is 0.255 e. The summed E-state index contributed by atoms with van der Waals surface area (Å²) in [6.45, 7) is 8.73. The highest BCUT2D eigenvalue weighted by Crippen LogP contribution is 2.18. The van der Waals surface area contributed by atoms with Gasteiger partial charge in [-0.3, -0.25) is 9.78 Å². The number of benzene rings is 1. The van der Waals surface area contributed by atoms with Gasteiger partial charge in [0.2, 0.25) is 0 Å². The Labute approximate surface area is 125 Å². The topological polar surface area (TPSA) is 54.0 Å². The van der Waals surface area contributed by atoms with Crippen LogP contribution in [0.4, 0.5) is 11.4 Å². The Bertz CT molecular complexity index is 665. The largest absolute Gasteiger partial charge is 0.385 e. The molecule has 1 aromatic heterocycles. The lowest BCUT2D eigenvalue weighted by Crippen LogP contribution is -2.14. The van der Waals surface area contributed by atoms with Crippen LogP contribution in [0.25, 0.3) is 0 Å². The van der Waals surface area contributed by atoms with E-state index in [-0.39, 0.29) is 5.91 Å². The molecule has 0 saturated heterocycles. The van der Waals surface area contributed by atoms with Crippen LogP contribution in [0, 0.1) is 20.8 Å². The summed E-state index contributed by atoms with van der Waals surface area (Å²) in [5, 5.41) is 6.18. The number of nitrogens with zero attached hydrogens (tertiary/aromatic N) is 1. The van der Waals surface area contributed by atoms with Gasteiger partial charge in [0, 0.05) is 23.5 Å². The molecule has 0 aliphatic heterocycles. The van der Waals surface area contributed by atoms with Crippen LogP contribution in [0.3, 0.4) is 0 Å². The number of hydrogen-bond donors (Lipinski definition) is 2. The molecule has 4 heteroatoms. The number of carbonyl (C=O) groups excluding carboxylic acids is 1. The van der Waals surface area contributed by atoms with Gasteiger partial charge in [-0.15, -0.1) is 0 Å². The predicted octanol–water partition coefficient (Wildman–Crippen LogP) is 3.69. The molecule has 0 unspecified atom stereocenters. The number of nitrogens with one attached hydrogen (secondary N) is 2. The third kappa shape index (κ3) is 3.60. The number of anilines is 2. The summed E-state index contributed by atoms with van der Waals surface area (Å²) in [5.74, 6) is -0.116. The number of aryl methyl sites for hydroxylation is 3. The van der Waals surface area contributed by atoms with Crippen molar-refractivity contribution in [2.75, 3.05) is 17.2 Å². The number of aromatic nitrogens is 1. The van der Waals surface area contributed by atoms with Crippen LogP contribution >= 0.6 is 0 Å². The summed E-state index contributed by atoms with van der Waals surface area (Å²) in [6, 6.07) is 9.44. The molecule has 1 aromatic carbocycles. The van der Waals surface area contributed by atoms with Gasteiger partial charge in [0.05, 0.1) is 11.4 Å². The van der Waals surface area contributed by atoms with Crippen molar-refractivity contribution in [3.05, 3.63) is 52.8 Å². The second-order valence-corrected chi connectivity index (χ2v) is 5.10. The zero-order chi connectivity index (χ0) is 15.4. The van der Waals surface area contributed by atoms with Crippen LogP contribution in [0.2, 0.25) is 0 Å². The van der Waals surface area contributed by atoms with E-state index in [9.17, 15) is 4.79 Å². The quantitative estimate of drug-likeness (QED) is 0.899. The molecule has 0 radical (unpaired) electrons. The van der Waals surface area contributed by atoms with E-state index in [1.54, 1.807) is 0 Å². The number of pyridine rings is 1. The van der Waals surface area contributed by atoms with Crippen LogP contribution in [-0.4, -0.2) is 17.4 Å². The van der Waals surface area contributed by atoms with Gasteiger partial charge in [-0.2, -0.15) is 0 Å². The van der Waals surface area contributed by atoms with Gasteiger partial charge in [-0.1, -0.05) is 0 Å². The average Bonchev–Trinajstić information content (AvgIpc) is 2.44. The third-order valence-electron chi connectivity index (χ3n) is 3.33. The molecule has 110 valence electrons. The van der Waals surface area contributed by atoms with Crippen molar-refractivity contribution in [3.8, 4) is 0 Å². The lowest BCUT2D eigenvalue weighted by atomic mass is 10.1. The highest BCUT2D eigenvalue weighted by molar-refractivity contribution is 6.04. The Balaban J connectivity index is 2.18. The summed E-state index contributed by atoms with van der Waals surface area (Å²) >= 11 is 0. The number of hydrogen-bond acceptors (Lipinski definition) is 3. The van der Waals surface area contributed by atoms with Crippen molar-refractivity contribution in [2.45, 2.75) is 27.7 Å². The molecule has 2 aromatic rings. The highest BCUT2D eigenvalue weighted by Gasteiger charge is 2.10. The zero-order valence-electron chi connectivity index (χ0n) is 12.9. The maximum atomic E-state index is 12.3. The molecular weight excluding hydrogens is 262 g/mol. The van der Waals surface area contributed by atoms with E-state index in [1.807, 2.05) is 58.0 Å². The minimum Gasteiger partial charge on any atom is -0.385 e. The summed E-state index contributed by atoms with van der Waals surface area (Å²) in [7, 11) is 0. The molecule has 0 bridgehead atoms.